The molecular weight excluding hydrogens is 248 g/mol. The van der Waals surface area contributed by atoms with E-state index in [0.717, 1.165) is 22.0 Å². The van der Waals surface area contributed by atoms with E-state index in [1.165, 1.54) is 5.57 Å². The van der Waals surface area contributed by atoms with Crippen molar-refractivity contribution in [2.45, 2.75) is 5.66 Å². The van der Waals surface area contributed by atoms with E-state index in [1.54, 1.807) is 6.20 Å². The van der Waals surface area contributed by atoms with Gasteiger partial charge in [-0.2, -0.15) is 10.2 Å². The molecule has 0 radical (unpaired) electrons. The molecule has 4 heteroatoms. The van der Waals surface area contributed by atoms with Crippen LogP contribution in [0.2, 0.25) is 0 Å². The molecule has 94 valence electrons. The highest BCUT2D eigenvalue weighted by Crippen LogP contribution is 2.40. The summed E-state index contributed by atoms with van der Waals surface area (Å²) in [5.74, 6) is 0. The standard InChI is InChI=1S/C16H10N4/c1-2-8-16-11(4-1)5-3-9-20(16)14-7-6-13-12(10-17-19-13)15(14)18-16/h1-10H. The van der Waals surface area contributed by atoms with Crippen molar-refractivity contribution >= 4 is 17.6 Å². The van der Waals surface area contributed by atoms with Crippen molar-refractivity contribution in [3.8, 4) is 0 Å². The number of azo groups is 1. The molecule has 3 heterocycles. The van der Waals surface area contributed by atoms with Crippen LogP contribution < -0.4 is 15.5 Å². The van der Waals surface area contributed by atoms with E-state index < -0.39 is 5.66 Å². The monoisotopic (exact) mass is 258 g/mol. The van der Waals surface area contributed by atoms with Gasteiger partial charge in [0, 0.05) is 17.0 Å². The minimum atomic E-state index is -0.433. The largest absolute Gasteiger partial charge is 0.314 e. The van der Waals surface area contributed by atoms with Crippen molar-refractivity contribution in [2.24, 2.45) is 15.2 Å². The van der Waals surface area contributed by atoms with Crippen LogP contribution in [0.3, 0.4) is 0 Å². The highest BCUT2D eigenvalue weighted by atomic mass is 15.3. The van der Waals surface area contributed by atoms with Crippen LogP contribution in [0.1, 0.15) is 0 Å². The zero-order chi connectivity index (χ0) is 13.2. The molecule has 1 aliphatic carbocycles. The molecule has 1 aromatic carbocycles. The van der Waals surface area contributed by atoms with Crippen molar-refractivity contribution in [1.82, 2.24) is 0 Å². The molecule has 1 spiro atoms. The van der Waals surface area contributed by atoms with Gasteiger partial charge in [-0.1, -0.05) is 24.3 Å². The number of rotatable bonds is 0. The lowest BCUT2D eigenvalue weighted by Crippen LogP contribution is -2.43. The molecule has 1 aromatic rings. The van der Waals surface area contributed by atoms with Crippen molar-refractivity contribution in [3.05, 3.63) is 70.9 Å². The van der Waals surface area contributed by atoms with Gasteiger partial charge in [0.1, 0.15) is 0 Å². The van der Waals surface area contributed by atoms with Crippen LogP contribution >= 0.6 is 0 Å². The van der Waals surface area contributed by atoms with Crippen LogP contribution in [-0.4, -0.2) is 5.66 Å². The van der Waals surface area contributed by atoms with Crippen molar-refractivity contribution in [2.75, 3.05) is 4.90 Å². The Bertz CT molecular complexity index is 915. The van der Waals surface area contributed by atoms with E-state index in [1.807, 2.05) is 12.1 Å². The summed E-state index contributed by atoms with van der Waals surface area (Å²) in [6.45, 7) is 0. The van der Waals surface area contributed by atoms with Crippen molar-refractivity contribution in [1.29, 1.82) is 0 Å². The van der Waals surface area contributed by atoms with E-state index >= 15 is 0 Å². The second-order valence-electron chi connectivity index (χ2n) is 5.10. The summed E-state index contributed by atoms with van der Waals surface area (Å²) in [7, 11) is 0. The molecule has 0 fully saturated rings. The summed E-state index contributed by atoms with van der Waals surface area (Å²) in [4.78, 5) is 7.23. The number of allylic oxidation sites excluding steroid dienone is 4. The van der Waals surface area contributed by atoms with Gasteiger partial charge < -0.3 is 4.90 Å². The van der Waals surface area contributed by atoms with Gasteiger partial charge in [-0.25, -0.2) is 4.99 Å². The van der Waals surface area contributed by atoms with Crippen LogP contribution in [0.25, 0.3) is 6.20 Å². The van der Waals surface area contributed by atoms with Gasteiger partial charge in [0.25, 0.3) is 0 Å². The highest BCUT2D eigenvalue weighted by Gasteiger charge is 2.42. The summed E-state index contributed by atoms with van der Waals surface area (Å²) in [5, 5.41) is 10.1. The van der Waals surface area contributed by atoms with Crippen LogP contribution in [0.5, 0.6) is 0 Å². The quantitative estimate of drug-likeness (QED) is 0.703. The predicted octanol–water partition coefficient (Wildman–Crippen LogP) is 2.24. The molecule has 1 atom stereocenters. The van der Waals surface area contributed by atoms with Gasteiger partial charge in [-0.05, 0) is 24.3 Å². The first-order valence-corrected chi connectivity index (χ1v) is 6.57. The lowest BCUT2D eigenvalue weighted by atomic mass is 9.91. The van der Waals surface area contributed by atoms with Gasteiger partial charge >= 0.3 is 0 Å². The number of hydrogen-bond donors (Lipinski definition) is 0. The molecule has 20 heavy (non-hydrogen) atoms. The third-order valence-corrected chi connectivity index (χ3v) is 4.09. The fourth-order valence-corrected chi connectivity index (χ4v) is 3.16. The summed E-state index contributed by atoms with van der Waals surface area (Å²) in [6, 6.07) is 4.08. The molecule has 0 amide bonds. The molecule has 5 rings (SSSR count). The highest BCUT2D eigenvalue weighted by molar-refractivity contribution is 5.69. The molecule has 0 aromatic heterocycles. The zero-order valence-electron chi connectivity index (χ0n) is 10.6. The first kappa shape index (κ1) is 10.1. The summed E-state index contributed by atoms with van der Waals surface area (Å²) in [6.07, 6.45) is 16.4. The lowest BCUT2D eigenvalue weighted by Gasteiger charge is -2.38. The van der Waals surface area contributed by atoms with E-state index in [0.29, 0.717) is 0 Å². The second kappa shape index (κ2) is 3.22. The Morgan fingerprint density at radius 3 is 3.10 bits per heavy atom. The summed E-state index contributed by atoms with van der Waals surface area (Å²) in [5.41, 5.74) is 2.75. The Labute approximate surface area is 115 Å². The fourth-order valence-electron chi connectivity index (χ4n) is 3.16. The van der Waals surface area contributed by atoms with E-state index in [-0.39, 0.29) is 0 Å². The Kier molecular flexibility index (Phi) is 1.62. The van der Waals surface area contributed by atoms with Gasteiger partial charge in [0.2, 0.25) is 0 Å². The molecular formula is C16H10N4. The fraction of sp³-hybridized carbons (Fsp3) is 0.0625. The van der Waals surface area contributed by atoms with Crippen LogP contribution in [0.15, 0.2) is 75.6 Å². The van der Waals surface area contributed by atoms with Crippen molar-refractivity contribution < 1.29 is 0 Å². The molecule has 0 saturated heterocycles. The van der Waals surface area contributed by atoms with Crippen LogP contribution in [0.4, 0.5) is 11.4 Å². The Balaban J connectivity index is 1.90. The minimum Gasteiger partial charge on any atom is -0.314 e. The number of anilines is 1. The van der Waals surface area contributed by atoms with Gasteiger partial charge in [0.15, 0.2) is 5.66 Å². The second-order valence-corrected chi connectivity index (χ2v) is 5.10. The van der Waals surface area contributed by atoms with Crippen LogP contribution in [0, 0.1) is 0 Å². The Hall–Kier alpha value is -2.75. The maximum Gasteiger partial charge on any atom is 0.182 e. The molecule has 0 bridgehead atoms. The molecule has 0 saturated carbocycles. The lowest BCUT2D eigenvalue weighted by molar-refractivity contribution is 0.640. The first-order valence-electron chi connectivity index (χ1n) is 6.57. The molecule has 4 aliphatic rings. The van der Waals surface area contributed by atoms with Gasteiger partial charge in [0.05, 0.1) is 22.9 Å². The predicted molar refractivity (Wildman–Crippen MR) is 76.9 cm³/mol. The third kappa shape index (κ3) is 1.01. The minimum absolute atomic E-state index is 0.433. The number of hydrogen-bond acceptors (Lipinski definition) is 4. The average Bonchev–Trinajstić information content (AvgIpc) is 3.07. The average molecular weight is 258 g/mol. The van der Waals surface area contributed by atoms with Crippen molar-refractivity contribution in [3.63, 3.8) is 0 Å². The smallest absolute Gasteiger partial charge is 0.182 e. The Morgan fingerprint density at radius 1 is 1.10 bits per heavy atom. The topological polar surface area (TPSA) is 40.3 Å². The summed E-state index contributed by atoms with van der Waals surface area (Å²) < 4.78 is 0. The number of fused-ring (bicyclic) bond motifs is 4. The third-order valence-electron chi connectivity index (χ3n) is 4.09. The maximum atomic E-state index is 5.02. The first-order chi connectivity index (χ1) is 9.88. The van der Waals surface area contributed by atoms with Gasteiger partial charge in [-0.3, -0.25) is 0 Å². The molecule has 4 nitrogen and oxygen atoms in total. The molecule has 1 unspecified atom stereocenters. The number of benzene rings is 1. The van der Waals surface area contributed by atoms with E-state index in [2.05, 4.69) is 57.8 Å². The maximum absolute atomic E-state index is 5.02. The Morgan fingerprint density at radius 2 is 2.10 bits per heavy atom. The molecule has 3 aliphatic heterocycles. The normalized spacial score (nSPS) is 26.4. The zero-order valence-corrected chi connectivity index (χ0v) is 10.6. The van der Waals surface area contributed by atoms with Crippen LogP contribution in [-0.2, 0) is 0 Å². The summed E-state index contributed by atoms with van der Waals surface area (Å²) >= 11 is 0. The van der Waals surface area contributed by atoms with E-state index in [4.69, 9.17) is 4.99 Å². The SMILES string of the molecule is C1=CC2=CC=CN3c4ccc5c(c4=NC23C=C1)=CN=N5. The van der Waals surface area contributed by atoms with Gasteiger partial charge in [-0.15, -0.1) is 0 Å². The number of nitrogens with zero attached hydrogens (tertiary/aromatic N) is 4. The van der Waals surface area contributed by atoms with E-state index in [9.17, 15) is 0 Å². The molecule has 0 N–H and O–H groups in total.